The minimum absolute atomic E-state index is 0.0964. The molecule has 0 fully saturated rings. The third kappa shape index (κ3) is 3.75. The number of aromatic nitrogens is 3. The summed E-state index contributed by atoms with van der Waals surface area (Å²) in [5.41, 5.74) is 2.40. The number of nitrogens with one attached hydrogen (secondary N) is 2. The molecule has 3 aromatic rings. The summed E-state index contributed by atoms with van der Waals surface area (Å²) < 4.78 is 32.0. The minimum atomic E-state index is -2.60. The Bertz CT molecular complexity index is 1010. The van der Waals surface area contributed by atoms with Gasteiger partial charge in [0.05, 0.1) is 30.6 Å². The van der Waals surface area contributed by atoms with E-state index < -0.39 is 12.9 Å². The first-order valence-corrected chi connectivity index (χ1v) is 7.80. The molecular weight excluding hydrogens is 358 g/mol. The molecule has 0 aliphatic heterocycles. The predicted octanol–water partition coefficient (Wildman–Crippen LogP) is 2.83. The second-order valence-corrected chi connectivity index (χ2v) is 5.52. The van der Waals surface area contributed by atoms with E-state index in [0.717, 1.165) is 0 Å². The Balaban J connectivity index is 1.93. The summed E-state index contributed by atoms with van der Waals surface area (Å²) in [7, 11) is 1.51. The van der Waals surface area contributed by atoms with Crippen LogP contribution in [0.2, 0.25) is 5.15 Å². The Morgan fingerprint density at radius 1 is 1.38 bits per heavy atom. The number of methoxy groups -OCH3 is 1. The van der Waals surface area contributed by atoms with Crippen LogP contribution in [-0.4, -0.2) is 35.2 Å². The van der Waals surface area contributed by atoms with E-state index in [1.54, 1.807) is 12.1 Å². The zero-order chi connectivity index (χ0) is 21.0. The zero-order valence-corrected chi connectivity index (χ0v) is 14.4. The number of ether oxygens (including phenoxy) is 1. The van der Waals surface area contributed by atoms with Gasteiger partial charge in [-0.05, 0) is 12.1 Å². The van der Waals surface area contributed by atoms with Crippen molar-refractivity contribution in [2.24, 2.45) is 0 Å². The molecule has 2 N–H and O–H groups in total. The topological polar surface area (TPSA) is 102 Å². The van der Waals surface area contributed by atoms with Crippen molar-refractivity contribution in [3.63, 3.8) is 0 Å². The molecule has 2 aromatic heterocycles. The Hall–Kier alpha value is -3.13. The highest BCUT2D eigenvalue weighted by molar-refractivity contribution is 6.29. The van der Waals surface area contributed by atoms with E-state index >= 15 is 0 Å². The minimum Gasteiger partial charge on any atom is -0.494 e. The predicted molar refractivity (Wildman–Crippen MR) is 96.6 cm³/mol. The average Bonchev–Trinajstić information content (AvgIpc) is 3.17. The number of oxazole rings is 1. The molecule has 2 heterocycles. The Morgan fingerprint density at radius 2 is 2.27 bits per heavy atom. The SMILES string of the molecule is [2H]C([2H])([2H])NC(=O)Cc1nnc(Cl)cc1Nc1cccc(-c2cocn2)c1OC. The van der Waals surface area contributed by atoms with Crippen LogP contribution in [0.5, 0.6) is 5.75 Å². The number of halogens is 1. The highest BCUT2D eigenvalue weighted by Crippen LogP contribution is 2.37. The number of carbonyl (C=O) groups is 1. The Labute approximate surface area is 158 Å². The summed E-state index contributed by atoms with van der Waals surface area (Å²) in [6.07, 6.45) is 2.48. The van der Waals surface area contributed by atoms with E-state index in [9.17, 15) is 4.79 Å². The van der Waals surface area contributed by atoms with Gasteiger partial charge < -0.3 is 19.8 Å². The van der Waals surface area contributed by atoms with Crippen LogP contribution in [-0.2, 0) is 11.2 Å². The Morgan fingerprint density at radius 3 is 3.00 bits per heavy atom. The number of likely N-dealkylation sites (N-methyl/N-ethyl adjacent to an activating group) is 1. The van der Waals surface area contributed by atoms with Gasteiger partial charge >= 0.3 is 0 Å². The smallest absolute Gasteiger partial charge is 0.225 e. The lowest BCUT2D eigenvalue weighted by Crippen LogP contribution is -2.21. The average molecular weight is 377 g/mol. The van der Waals surface area contributed by atoms with Gasteiger partial charge in [0.2, 0.25) is 5.91 Å². The van der Waals surface area contributed by atoms with Gasteiger partial charge in [-0.15, -0.1) is 5.10 Å². The molecule has 0 atom stereocenters. The van der Waals surface area contributed by atoms with Gasteiger partial charge in [-0.3, -0.25) is 4.79 Å². The molecule has 0 saturated carbocycles. The van der Waals surface area contributed by atoms with Crippen molar-refractivity contribution >= 4 is 28.9 Å². The fourth-order valence-corrected chi connectivity index (χ4v) is 2.52. The van der Waals surface area contributed by atoms with Crippen LogP contribution < -0.4 is 15.4 Å². The lowest BCUT2D eigenvalue weighted by molar-refractivity contribution is -0.120. The van der Waals surface area contributed by atoms with Crippen LogP contribution in [0.3, 0.4) is 0 Å². The third-order valence-corrected chi connectivity index (χ3v) is 3.69. The second kappa shape index (κ2) is 7.83. The monoisotopic (exact) mass is 376 g/mol. The summed E-state index contributed by atoms with van der Waals surface area (Å²) in [5, 5.41) is 12.8. The maximum atomic E-state index is 12.0. The van der Waals surface area contributed by atoms with Crippen molar-refractivity contribution in [3.8, 4) is 17.0 Å². The van der Waals surface area contributed by atoms with Gasteiger partial charge in [0.1, 0.15) is 12.0 Å². The first-order valence-electron chi connectivity index (χ1n) is 8.92. The normalized spacial score (nSPS) is 12.6. The summed E-state index contributed by atoms with van der Waals surface area (Å²) in [4.78, 5) is 16.1. The molecule has 0 spiro atoms. The summed E-state index contributed by atoms with van der Waals surface area (Å²) >= 11 is 5.95. The van der Waals surface area contributed by atoms with E-state index in [1.165, 1.54) is 25.8 Å². The largest absolute Gasteiger partial charge is 0.494 e. The van der Waals surface area contributed by atoms with Gasteiger partial charge in [0.15, 0.2) is 17.3 Å². The molecule has 9 heteroatoms. The maximum Gasteiger partial charge on any atom is 0.225 e. The molecule has 26 heavy (non-hydrogen) atoms. The fourth-order valence-electron chi connectivity index (χ4n) is 2.38. The first kappa shape index (κ1) is 14.1. The number of nitrogens with zero attached hydrogens (tertiary/aromatic N) is 3. The maximum absolute atomic E-state index is 12.0. The standard InChI is InChI=1S/C17H16ClN5O3/c1-19-16(24)7-13-12(6-15(18)23-22-13)21-11-5-3-4-10(17(11)25-2)14-8-26-9-20-14/h3-6,8-9H,7H2,1-2H3,(H,19,24)(H,21,23)/i1D3. The quantitative estimate of drug-likeness (QED) is 0.681. The molecule has 0 saturated heterocycles. The molecule has 3 rings (SSSR count). The molecule has 0 bridgehead atoms. The number of hydrogen-bond donors (Lipinski definition) is 2. The van der Waals surface area contributed by atoms with Crippen molar-refractivity contribution in [1.82, 2.24) is 20.5 Å². The van der Waals surface area contributed by atoms with Crippen LogP contribution in [0.25, 0.3) is 11.3 Å². The molecule has 8 nitrogen and oxygen atoms in total. The molecular formula is C17H16ClN5O3. The van der Waals surface area contributed by atoms with E-state index in [2.05, 4.69) is 20.5 Å². The van der Waals surface area contributed by atoms with Crippen molar-refractivity contribution in [2.45, 2.75) is 6.42 Å². The molecule has 1 aromatic carbocycles. The number of anilines is 2. The second-order valence-electron chi connectivity index (χ2n) is 5.14. The van der Waals surface area contributed by atoms with E-state index in [4.69, 9.17) is 24.9 Å². The molecule has 0 radical (unpaired) electrons. The van der Waals surface area contributed by atoms with Crippen molar-refractivity contribution in [3.05, 3.63) is 47.8 Å². The molecule has 0 aliphatic rings. The summed E-state index contributed by atoms with van der Waals surface area (Å²) in [6.45, 7) is -2.60. The van der Waals surface area contributed by atoms with E-state index in [1.807, 2.05) is 11.4 Å². The molecule has 134 valence electrons. The zero-order valence-electron chi connectivity index (χ0n) is 16.6. The van der Waals surface area contributed by atoms with Gasteiger partial charge in [-0.2, -0.15) is 5.10 Å². The number of para-hydroxylation sites is 1. The van der Waals surface area contributed by atoms with Crippen molar-refractivity contribution in [1.29, 1.82) is 0 Å². The number of hydrogen-bond acceptors (Lipinski definition) is 7. The number of carbonyl (C=O) groups excluding carboxylic acids is 1. The number of rotatable bonds is 6. The third-order valence-electron chi connectivity index (χ3n) is 3.50. The summed E-state index contributed by atoms with van der Waals surface area (Å²) in [5.74, 6) is -0.250. The van der Waals surface area contributed by atoms with Crippen LogP contribution in [0.1, 0.15) is 9.81 Å². The van der Waals surface area contributed by atoms with E-state index in [0.29, 0.717) is 28.4 Å². The van der Waals surface area contributed by atoms with Crippen LogP contribution >= 0.6 is 11.6 Å². The van der Waals surface area contributed by atoms with Crippen LogP contribution in [0.15, 0.2) is 41.3 Å². The van der Waals surface area contributed by atoms with E-state index in [-0.39, 0.29) is 17.3 Å². The van der Waals surface area contributed by atoms with Gasteiger partial charge in [0.25, 0.3) is 0 Å². The first-order chi connectivity index (χ1) is 13.8. The Kier molecular flexibility index (Phi) is 4.24. The molecule has 1 amide bonds. The van der Waals surface area contributed by atoms with Gasteiger partial charge in [-0.1, -0.05) is 17.7 Å². The van der Waals surface area contributed by atoms with Crippen molar-refractivity contribution in [2.75, 3.05) is 19.4 Å². The molecule has 0 unspecified atom stereocenters. The van der Waals surface area contributed by atoms with Gasteiger partial charge in [0, 0.05) is 22.7 Å². The molecule has 0 aliphatic carbocycles. The van der Waals surface area contributed by atoms with Gasteiger partial charge in [-0.25, -0.2) is 4.98 Å². The summed E-state index contributed by atoms with van der Waals surface area (Å²) in [6, 6.07) is 6.83. The number of amides is 1. The van der Waals surface area contributed by atoms with Crippen molar-refractivity contribution < 1.29 is 18.1 Å². The highest BCUT2D eigenvalue weighted by Gasteiger charge is 2.16. The highest BCUT2D eigenvalue weighted by atomic mass is 35.5. The van der Waals surface area contributed by atoms with Crippen LogP contribution in [0.4, 0.5) is 11.4 Å². The lowest BCUT2D eigenvalue weighted by Gasteiger charge is -2.15. The number of benzene rings is 1. The van der Waals surface area contributed by atoms with Crippen LogP contribution in [0, 0.1) is 0 Å². The lowest BCUT2D eigenvalue weighted by atomic mass is 10.1. The fraction of sp³-hybridized carbons (Fsp3) is 0.176.